The monoisotopic (exact) mass is 267 g/mol. The van der Waals surface area contributed by atoms with Crippen LogP contribution >= 0.6 is 0 Å². The molecular weight excluding hydrogens is 252 g/mol. The summed E-state index contributed by atoms with van der Waals surface area (Å²) >= 11 is 0. The first-order valence-corrected chi connectivity index (χ1v) is 6.01. The molecule has 102 valence electrons. The quantitative estimate of drug-likeness (QED) is 0.895. The van der Waals surface area contributed by atoms with Crippen LogP contribution in [0.5, 0.6) is 0 Å². The van der Waals surface area contributed by atoms with Crippen molar-refractivity contribution < 1.29 is 8.78 Å². The molecule has 0 aliphatic rings. The van der Waals surface area contributed by atoms with E-state index in [1.54, 1.807) is 0 Å². The van der Waals surface area contributed by atoms with E-state index in [0.29, 0.717) is 18.3 Å². The van der Waals surface area contributed by atoms with Crippen LogP contribution in [-0.2, 0) is 6.54 Å². The van der Waals surface area contributed by atoms with E-state index >= 15 is 0 Å². The number of nitrogens with one attached hydrogen (secondary N) is 1. The van der Waals surface area contributed by atoms with Gasteiger partial charge >= 0.3 is 0 Å². The highest BCUT2D eigenvalue weighted by molar-refractivity contribution is 5.33. The first-order valence-electron chi connectivity index (χ1n) is 6.01. The van der Waals surface area contributed by atoms with Crippen molar-refractivity contribution in [1.29, 1.82) is 0 Å². The maximum atomic E-state index is 13.7. The van der Waals surface area contributed by atoms with Crippen LogP contribution in [0.3, 0.4) is 0 Å². The largest absolute Gasteiger partial charge is 0.310 e. The van der Waals surface area contributed by atoms with Gasteiger partial charge in [0.05, 0.1) is 6.54 Å². The SMILES string of the molecule is CC(C)CNCc1nnnn1-c1ccc(F)cc1F. The second-order valence-electron chi connectivity index (χ2n) is 4.63. The Morgan fingerprint density at radius 2 is 2.11 bits per heavy atom. The molecule has 0 saturated carbocycles. The third-order valence-electron chi connectivity index (χ3n) is 2.51. The molecule has 1 N–H and O–H groups in total. The Hall–Kier alpha value is -1.89. The summed E-state index contributed by atoms with van der Waals surface area (Å²) in [4.78, 5) is 0. The lowest BCUT2D eigenvalue weighted by atomic mass is 10.2. The molecule has 1 heterocycles. The van der Waals surface area contributed by atoms with E-state index in [-0.39, 0.29) is 5.69 Å². The van der Waals surface area contributed by atoms with Crippen LogP contribution in [0.25, 0.3) is 5.69 Å². The van der Waals surface area contributed by atoms with E-state index < -0.39 is 11.6 Å². The van der Waals surface area contributed by atoms with Crippen molar-refractivity contribution in [3.05, 3.63) is 35.7 Å². The molecule has 0 aliphatic heterocycles. The normalized spacial score (nSPS) is 11.2. The number of rotatable bonds is 5. The van der Waals surface area contributed by atoms with Crippen LogP contribution in [-0.4, -0.2) is 26.8 Å². The fourth-order valence-corrected chi connectivity index (χ4v) is 1.63. The summed E-state index contributed by atoms with van der Waals surface area (Å²) in [7, 11) is 0. The van der Waals surface area contributed by atoms with Gasteiger partial charge in [-0.05, 0) is 35.0 Å². The molecule has 0 saturated heterocycles. The Kier molecular flexibility index (Phi) is 4.16. The molecule has 0 atom stereocenters. The third kappa shape index (κ3) is 3.31. The minimum absolute atomic E-state index is 0.132. The Labute approximate surface area is 109 Å². The molecule has 1 aromatic heterocycles. The van der Waals surface area contributed by atoms with Crippen LogP contribution < -0.4 is 5.32 Å². The van der Waals surface area contributed by atoms with Crippen molar-refractivity contribution in [1.82, 2.24) is 25.5 Å². The highest BCUT2D eigenvalue weighted by Crippen LogP contribution is 2.14. The molecule has 0 amide bonds. The van der Waals surface area contributed by atoms with Crippen molar-refractivity contribution in [2.24, 2.45) is 5.92 Å². The lowest BCUT2D eigenvalue weighted by molar-refractivity contribution is 0.532. The highest BCUT2D eigenvalue weighted by Gasteiger charge is 2.12. The van der Waals surface area contributed by atoms with Gasteiger partial charge in [0, 0.05) is 6.07 Å². The first-order chi connectivity index (χ1) is 9.08. The maximum absolute atomic E-state index is 13.7. The van der Waals surface area contributed by atoms with Crippen molar-refractivity contribution >= 4 is 0 Å². The fraction of sp³-hybridized carbons (Fsp3) is 0.417. The lowest BCUT2D eigenvalue weighted by Gasteiger charge is -2.08. The Balaban J connectivity index is 2.19. The molecule has 0 fully saturated rings. The highest BCUT2D eigenvalue weighted by atomic mass is 19.1. The molecule has 19 heavy (non-hydrogen) atoms. The van der Waals surface area contributed by atoms with Gasteiger partial charge in [0.15, 0.2) is 11.6 Å². The minimum Gasteiger partial charge on any atom is -0.310 e. The Bertz CT molecular complexity index is 553. The molecule has 0 aliphatic carbocycles. The summed E-state index contributed by atoms with van der Waals surface area (Å²) in [5.41, 5.74) is 0.132. The zero-order chi connectivity index (χ0) is 13.8. The number of hydrogen-bond donors (Lipinski definition) is 1. The molecule has 5 nitrogen and oxygen atoms in total. The fourth-order valence-electron chi connectivity index (χ4n) is 1.63. The van der Waals surface area contributed by atoms with Crippen LogP contribution in [0.15, 0.2) is 18.2 Å². The van der Waals surface area contributed by atoms with E-state index in [9.17, 15) is 8.78 Å². The average molecular weight is 267 g/mol. The van der Waals surface area contributed by atoms with Gasteiger partial charge in [-0.1, -0.05) is 13.8 Å². The minimum atomic E-state index is -0.697. The lowest BCUT2D eigenvalue weighted by Crippen LogP contribution is -2.21. The summed E-state index contributed by atoms with van der Waals surface area (Å²) in [5, 5.41) is 14.3. The van der Waals surface area contributed by atoms with Crippen LogP contribution in [0.4, 0.5) is 8.78 Å². The Morgan fingerprint density at radius 1 is 1.32 bits per heavy atom. The van der Waals surface area contributed by atoms with E-state index in [1.807, 2.05) is 0 Å². The van der Waals surface area contributed by atoms with Crippen LogP contribution in [0.1, 0.15) is 19.7 Å². The van der Waals surface area contributed by atoms with Crippen molar-refractivity contribution in [3.63, 3.8) is 0 Å². The van der Waals surface area contributed by atoms with Crippen LogP contribution in [0.2, 0.25) is 0 Å². The molecule has 7 heteroatoms. The number of hydrogen-bond acceptors (Lipinski definition) is 4. The number of aromatic nitrogens is 4. The van der Waals surface area contributed by atoms with Crippen molar-refractivity contribution in [2.45, 2.75) is 20.4 Å². The Morgan fingerprint density at radius 3 is 2.79 bits per heavy atom. The number of nitrogens with zero attached hydrogens (tertiary/aromatic N) is 4. The van der Waals surface area contributed by atoms with Gasteiger partial charge in [0.25, 0.3) is 0 Å². The first kappa shape index (κ1) is 13.5. The summed E-state index contributed by atoms with van der Waals surface area (Å²) in [6.07, 6.45) is 0. The van der Waals surface area contributed by atoms with Gasteiger partial charge in [0.2, 0.25) is 0 Å². The van der Waals surface area contributed by atoms with Crippen LogP contribution in [0, 0.1) is 17.6 Å². The predicted octanol–water partition coefficient (Wildman–Crippen LogP) is 1.69. The molecule has 1 aromatic carbocycles. The maximum Gasteiger partial charge on any atom is 0.170 e. The van der Waals surface area contributed by atoms with Gasteiger partial charge in [0.1, 0.15) is 11.5 Å². The van der Waals surface area contributed by atoms with E-state index in [2.05, 4.69) is 34.7 Å². The van der Waals surface area contributed by atoms with E-state index in [4.69, 9.17) is 0 Å². The van der Waals surface area contributed by atoms with E-state index in [0.717, 1.165) is 12.6 Å². The number of tetrazole rings is 1. The summed E-state index contributed by atoms with van der Waals surface area (Å²) in [6.45, 7) is 5.38. The van der Waals surface area contributed by atoms with Crippen molar-refractivity contribution in [2.75, 3.05) is 6.54 Å². The zero-order valence-corrected chi connectivity index (χ0v) is 10.8. The zero-order valence-electron chi connectivity index (χ0n) is 10.8. The number of halogens is 2. The molecule has 0 radical (unpaired) electrons. The molecule has 0 spiro atoms. The second-order valence-corrected chi connectivity index (χ2v) is 4.63. The summed E-state index contributed by atoms with van der Waals surface area (Å²) in [6, 6.07) is 3.29. The van der Waals surface area contributed by atoms with Gasteiger partial charge in [-0.25, -0.2) is 8.78 Å². The molecule has 0 bridgehead atoms. The number of benzene rings is 1. The van der Waals surface area contributed by atoms with Crippen molar-refractivity contribution in [3.8, 4) is 5.69 Å². The molecule has 2 rings (SSSR count). The van der Waals surface area contributed by atoms with E-state index in [1.165, 1.54) is 16.8 Å². The summed E-state index contributed by atoms with van der Waals surface area (Å²) < 4.78 is 27.8. The second kappa shape index (κ2) is 5.83. The standard InChI is InChI=1S/C12H15F2N5/c1-8(2)6-15-7-12-16-17-18-19(12)11-4-3-9(13)5-10(11)14/h3-5,8,15H,6-7H2,1-2H3. The summed E-state index contributed by atoms with van der Waals surface area (Å²) in [5.74, 6) is -0.357. The molecule has 0 unspecified atom stereocenters. The van der Waals surface area contributed by atoms with Gasteiger partial charge < -0.3 is 5.32 Å². The topological polar surface area (TPSA) is 55.6 Å². The average Bonchev–Trinajstić information content (AvgIpc) is 2.77. The molecule has 2 aromatic rings. The molecular formula is C12H15F2N5. The smallest absolute Gasteiger partial charge is 0.170 e. The van der Waals surface area contributed by atoms with Gasteiger partial charge in [-0.2, -0.15) is 4.68 Å². The van der Waals surface area contributed by atoms with Gasteiger partial charge in [-0.15, -0.1) is 5.10 Å². The third-order valence-corrected chi connectivity index (χ3v) is 2.51. The van der Waals surface area contributed by atoms with Gasteiger partial charge in [-0.3, -0.25) is 0 Å². The predicted molar refractivity (Wildman–Crippen MR) is 65.6 cm³/mol.